The summed E-state index contributed by atoms with van der Waals surface area (Å²) in [5.74, 6) is -0.214. The van der Waals surface area contributed by atoms with E-state index in [4.69, 9.17) is 5.73 Å². The second-order valence-corrected chi connectivity index (χ2v) is 6.25. The molecule has 4 N–H and O–H groups in total. The fourth-order valence-corrected chi connectivity index (χ4v) is 3.37. The zero-order valence-corrected chi connectivity index (χ0v) is 12.2. The van der Waals surface area contributed by atoms with Crippen LogP contribution in [0.15, 0.2) is 18.2 Å². The Morgan fingerprint density at radius 1 is 1.33 bits per heavy atom. The first-order valence-corrected chi connectivity index (χ1v) is 7.44. The van der Waals surface area contributed by atoms with Crippen LogP contribution >= 0.6 is 0 Å². The van der Waals surface area contributed by atoms with Crippen molar-refractivity contribution in [1.29, 1.82) is 0 Å². The van der Waals surface area contributed by atoms with Crippen molar-refractivity contribution in [2.24, 2.45) is 17.1 Å². The van der Waals surface area contributed by atoms with E-state index in [-0.39, 0.29) is 17.2 Å². The molecule has 1 aliphatic heterocycles. The molecule has 1 atom stereocenters. The first-order chi connectivity index (χ1) is 10.0. The Morgan fingerprint density at radius 2 is 2.05 bits per heavy atom. The minimum Gasteiger partial charge on any atom is -0.366 e. The van der Waals surface area contributed by atoms with Crippen molar-refractivity contribution in [3.8, 4) is 0 Å². The van der Waals surface area contributed by atoms with E-state index in [1.165, 1.54) is 0 Å². The summed E-state index contributed by atoms with van der Waals surface area (Å²) >= 11 is 0. The summed E-state index contributed by atoms with van der Waals surface area (Å²) in [7, 11) is 0. The Balaban J connectivity index is 1.67. The van der Waals surface area contributed by atoms with Crippen molar-refractivity contribution >= 4 is 17.5 Å². The van der Waals surface area contributed by atoms with Gasteiger partial charge in [-0.3, -0.25) is 9.59 Å². The Kier molecular flexibility index (Phi) is 3.45. The Labute approximate surface area is 124 Å². The van der Waals surface area contributed by atoms with Gasteiger partial charge in [-0.1, -0.05) is 0 Å². The summed E-state index contributed by atoms with van der Waals surface area (Å²) in [6.45, 7) is 3.89. The molecule has 2 amide bonds. The fourth-order valence-electron chi connectivity index (χ4n) is 3.37. The molecule has 1 heterocycles. The molecule has 5 heteroatoms. The molecule has 0 bridgehead atoms. The van der Waals surface area contributed by atoms with Crippen LogP contribution in [0.4, 0.5) is 5.69 Å². The molecular formula is C16H21N3O2. The van der Waals surface area contributed by atoms with Crippen molar-refractivity contribution in [2.45, 2.75) is 26.2 Å². The van der Waals surface area contributed by atoms with Gasteiger partial charge in [0.05, 0.1) is 0 Å². The highest BCUT2D eigenvalue weighted by Gasteiger charge is 2.57. The van der Waals surface area contributed by atoms with Gasteiger partial charge in [-0.25, -0.2) is 0 Å². The van der Waals surface area contributed by atoms with Gasteiger partial charge in [0.25, 0.3) is 0 Å². The highest BCUT2D eigenvalue weighted by Crippen LogP contribution is 2.58. The third-order valence-electron chi connectivity index (χ3n) is 4.87. The Bertz CT molecular complexity index is 591. The highest BCUT2D eigenvalue weighted by molar-refractivity contribution is 5.97. The maximum absolute atomic E-state index is 12.4. The molecule has 1 saturated carbocycles. The van der Waals surface area contributed by atoms with Gasteiger partial charge in [0.15, 0.2) is 0 Å². The molecule has 1 unspecified atom stereocenters. The minimum atomic E-state index is -0.452. The maximum Gasteiger partial charge on any atom is 0.248 e. The summed E-state index contributed by atoms with van der Waals surface area (Å²) in [5, 5.41) is 6.34. The standard InChI is InChI=1S/C16H21N3O2/c1-10-8-11(14(17)20)2-3-13(10)19-15(21)12-9-16(12)4-6-18-7-5-16/h2-3,8,12,18H,4-7,9H2,1H3,(H2,17,20)(H,19,21). The number of amides is 2. The number of piperidine rings is 1. The van der Waals surface area contributed by atoms with Gasteiger partial charge >= 0.3 is 0 Å². The third-order valence-corrected chi connectivity index (χ3v) is 4.87. The van der Waals surface area contributed by atoms with Gasteiger partial charge in [0.2, 0.25) is 11.8 Å². The number of benzene rings is 1. The third kappa shape index (κ3) is 2.65. The summed E-state index contributed by atoms with van der Waals surface area (Å²) in [5.41, 5.74) is 7.58. The lowest BCUT2D eigenvalue weighted by atomic mass is 9.91. The summed E-state index contributed by atoms with van der Waals surface area (Å²) < 4.78 is 0. The molecule has 1 aromatic carbocycles. The maximum atomic E-state index is 12.4. The van der Waals surface area contributed by atoms with Crippen LogP contribution in [0.1, 0.15) is 35.2 Å². The molecule has 21 heavy (non-hydrogen) atoms. The van der Waals surface area contributed by atoms with Crippen LogP contribution in [0.5, 0.6) is 0 Å². The number of carbonyl (C=O) groups excluding carboxylic acids is 2. The van der Waals surface area contributed by atoms with E-state index in [0.717, 1.165) is 43.6 Å². The van der Waals surface area contributed by atoms with E-state index in [1.807, 2.05) is 6.92 Å². The number of anilines is 1. The smallest absolute Gasteiger partial charge is 0.248 e. The predicted octanol–water partition coefficient (Wildman–Crippen LogP) is 1.42. The second kappa shape index (κ2) is 5.15. The summed E-state index contributed by atoms with van der Waals surface area (Å²) in [4.78, 5) is 23.5. The fraction of sp³-hybridized carbons (Fsp3) is 0.500. The molecule has 1 aliphatic carbocycles. The molecule has 112 valence electrons. The number of hydrogen-bond acceptors (Lipinski definition) is 3. The van der Waals surface area contributed by atoms with E-state index >= 15 is 0 Å². The van der Waals surface area contributed by atoms with Crippen LogP contribution in [0, 0.1) is 18.3 Å². The van der Waals surface area contributed by atoms with E-state index < -0.39 is 5.91 Å². The van der Waals surface area contributed by atoms with Crippen molar-refractivity contribution < 1.29 is 9.59 Å². The van der Waals surface area contributed by atoms with Crippen LogP contribution in [0.25, 0.3) is 0 Å². The average molecular weight is 287 g/mol. The van der Waals surface area contributed by atoms with Crippen LogP contribution in [0.2, 0.25) is 0 Å². The molecule has 1 saturated heterocycles. The van der Waals surface area contributed by atoms with Crippen molar-refractivity contribution in [1.82, 2.24) is 5.32 Å². The zero-order chi connectivity index (χ0) is 15.0. The highest BCUT2D eigenvalue weighted by atomic mass is 16.2. The Hall–Kier alpha value is -1.88. The number of nitrogens with two attached hydrogens (primary N) is 1. The van der Waals surface area contributed by atoms with E-state index in [2.05, 4.69) is 10.6 Å². The van der Waals surface area contributed by atoms with E-state index in [1.54, 1.807) is 18.2 Å². The lowest BCUT2D eigenvalue weighted by Gasteiger charge is -2.23. The molecule has 1 aromatic rings. The molecule has 0 aromatic heterocycles. The number of rotatable bonds is 3. The first kappa shape index (κ1) is 14.1. The van der Waals surface area contributed by atoms with E-state index in [9.17, 15) is 9.59 Å². The largest absolute Gasteiger partial charge is 0.366 e. The number of carbonyl (C=O) groups is 2. The zero-order valence-electron chi connectivity index (χ0n) is 12.2. The minimum absolute atomic E-state index is 0.104. The summed E-state index contributed by atoms with van der Waals surface area (Å²) in [6.07, 6.45) is 3.17. The van der Waals surface area contributed by atoms with Crippen LogP contribution in [-0.4, -0.2) is 24.9 Å². The topological polar surface area (TPSA) is 84.2 Å². The van der Waals surface area contributed by atoms with Crippen LogP contribution in [0.3, 0.4) is 0 Å². The van der Waals surface area contributed by atoms with Gasteiger partial charge in [-0.05, 0) is 68.5 Å². The summed E-state index contributed by atoms with van der Waals surface area (Å²) in [6, 6.07) is 5.12. The monoisotopic (exact) mass is 287 g/mol. The van der Waals surface area contributed by atoms with Crippen LogP contribution in [-0.2, 0) is 4.79 Å². The van der Waals surface area contributed by atoms with Gasteiger partial charge in [0.1, 0.15) is 0 Å². The normalized spacial score (nSPS) is 22.8. The number of hydrogen-bond donors (Lipinski definition) is 3. The Morgan fingerprint density at radius 3 is 2.67 bits per heavy atom. The lowest BCUT2D eigenvalue weighted by Crippen LogP contribution is -2.31. The number of primary amides is 1. The van der Waals surface area contributed by atoms with Gasteiger partial charge in [-0.2, -0.15) is 0 Å². The number of nitrogens with one attached hydrogen (secondary N) is 2. The molecule has 2 fully saturated rings. The van der Waals surface area contributed by atoms with Crippen molar-refractivity contribution in [3.63, 3.8) is 0 Å². The molecule has 2 aliphatic rings. The second-order valence-electron chi connectivity index (χ2n) is 6.25. The lowest BCUT2D eigenvalue weighted by molar-refractivity contribution is -0.118. The molecule has 0 radical (unpaired) electrons. The van der Waals surface area contributed by atoms with Crippen molar-refractivity contribution in [2.75, 3.05) is 18.4 Å². The SMILES string of the molecule is Cc1cc(C(N)=O)ccc1NC(=O)C1CC12CCNCC2. The predicted molar refractivity (Wildman–Crippen MR) is 81.0 cm³/mol. The van der Waals surface area contributed by atoms with Gasteiger partial charge in [-0.15, -0.1) is 0 Å². The molecule has 5 nitrogen and oxygen atoms in total. The van der Waals surface area contributed by atoms with Gasteiger partial charge in [0, 0.05) is 17.2 Å². The van der Waals surface area contributed by atoms with Crippen molar-refractivity contribution in [3.05, 3.63) is 29.3 Å². The van der Waals surface area contributed by atoms with Gasteiger partial charge < -0.3 is 16.4 Å². The molecule has 1 spiro atoms. The molecular weight excluding hydrogens is 266 g/mol. The number of aryl methyl sites for hydroxylation is 1. The van der Waals surface area contributed by atoms with Crippen LogP contribution < -0.4 is 16.4 Å². The quantitative estimate of drug-likeness (QED) is 0.786. The average Bonchev–Trinajstić information content (AvgIpc) is 3.15. The molecule has 3 rings (SSSR count). The van der Waals surface area contributed by atoms with E-state index in [0.29, 0.717) is 5.56 Å². The first-order valence-electron chi connectivity index (χ1n) is 7.44.